The van der Waals surface area contributed by atoms with Crippen LogP contribution in [0.2, 0.25) is 0 Å². The largest absolute Gasteiger partial charge is 0.445 e. The molecule has 1 aromatic heterocycles. The lowest BCUT2D eigenvalue weighted by atomic mass is 9.96. The molecule has 1 aliphatic rings. The van der Waals surface area contributed by atoms with Crippen molar-refractivity contribution in [3.05, 3.63) is 82.3 Å². The topological polar surface area (TPSA) is 100 Å². The second-order valence-electron chi connectivity index (χ2n) is 8.59. The molecule has 2 aromatic carbocycles. The van der Waals surface area contributed by atoms with Gasteiger partial charge in [0.15, 0.2) is 5.82 Å². The fourth-order valence-corrected chi connectivity index (χ4v) is 4.17. The van der Waals surface area contributed by atoms with Gasteiger partial charge < -0.3 is 19.9 Å². The summed E-state index contributed by atoms with van der Waals surface area (Å²) in [5.41, 5.74) is 2.00. The summed E-state index contributed by atoms with van der Waals surface area (Å²) < 4.78 is 5.45. The van der Waals surface area contributed by atoms with Gasteiger partial charge in [0, 0.05) is 18.7 Å². The summed E-state index contributed by atoms with van der Waals surface area (Å²) in [6.07, 6.45) is 2.24. The van der Waals surface area contributed by atoms with Gasteiger partial charge in [-0.15, -0.1) is 10.2 Å². The number of hydrogen-bond donors (Lipinski definition) is 2. The maximum Gasteiger partial charge on any atom is 0.410 e. The second kappa shape index (κ2) is 11.6. The van der Waals surface area contributed by atoms with Crippen LogP contribution in [0.3, 0.4) is 0 Å². The summed E-state index contributed by atoms with van der Waals surface area (Å²) in [5.74, 6) is 0.888. The van der Waals surface area contributed by atoms with Crippen molar-refractivity contribution in [2.75, 3.05) is 19.6 Å². The number of carbonyl (C=O) groups excluding carboxylic acids is 1. The van der Waals surface area contributed by atoms with Crippen LogP contribution < -0.4 is 10.9 Å². The van der Waals surface area contributed by atoms with E-state index < -0.39 is 0 Å². The SMILES string of the molecule is CCC(NCC1CCN(C(=O)OCc2ccccc2)CC1)c1nnc(-c2ccccc2)[nH]c1=O. The zero-order chi connectivity index (χ0) is 23.8. The van der Waals surface area contributed by atoms with Crippen LogP contribution in [-0.2, 0) is 11.3 Å². The van der Waals surface area contributed by atoms with Gasteiger partial charge >= 0.3 is 6.09 Å². The van der Waals surface area contributed by atoms with Gasteiger partial charge in [0.2, 0.25) is 0 Å². The fraction of sp³-hybridized carbons (Fsp3) is 0.385. The Morgan fingerprint density at radius 2 is 1.76 bits per heavy atom. The molecule has 4 rings (SSSR count). The molecule has 0 aliphatic carbocycles. The molecular formula is C26H31N5O3. The molecule has 0 radical (unpaired) electrons. The van der Waals surface area contributed by atoms with Crippen molar-refractivity contribution in [3.63, 3.8) is 0 Å². The monoisotopic (exact) mass is 461 g/mol. The first-order chi connectivity index (χ1) is 16.6. The molecular weight excluding hydrogens is 430 g/mol. The molecule has 0 saturated carbocycles. The summed E-state index contributed by atoms with van der Waals surface area (Å²) in [7, 11) is 0. The van der Waals surface area contributed by atoms with E-state index in [1.54, 1.807) is 4.90 Å². The minimum absolute atomic E-state index is 0.171. The number of amides is 1. The molecule has 0 bridgehead atoms. The summed E-state index contributed by atoms with van der Waals surface area (Å²) in [5, 5.41) is 12.0. The van der Waals surface area contributed by atoms with Crippen LogP contribution in [-0.4, -0.2) is 45.8 Å². The lowest BCUT2D eigenvalue weighted by Crippen LogP contribution is -2.41. The molecule has 0 spiro atoms. The maximum absolute atomic E-state index is 12.7. The van der Waals surface area contributed by atoms with Gasteiger partial charge in [0.05, 0.1) is 6.04 Å². The summed E-state index contributed by atoms with van der Waals surface area (Å²) in [6, 6.07) is 19.0. The van der Waals surface area contributed by atoms with Crippen molar-refractivity contribution in [2.24, 2.45) is 5.92 Å². The molecule has 1 atom stereocenters. The van der Waals surface area contributed by atoms with E-state index in [0.29, 0.717) is 30.5 Å². The Bertz CT molecular complexity index is 1110. The first-order valence-corrected chi connectivity index (χ1v) is 11.9. The van der Waals surface area contributed by atoms with Crippen molar-refractivity contribution in [1.29, 1.82) is 0 Å². The Labute approximate surface area is 199 Å². The van der Waals surface area contributed by atoms with Crippen LogP contribution in [0.5, 0.6) is 0 Å². The van der Waals surface area contributed by atoms with E-state index >= 15 is 0 Å². The molecule has 2 heterocycles. The number of nitrogens with one attached hydrogen (secondary N) is 2. The van der Waals surface area contributed by atoms with Gasteiger partial charge in [-0.25, -0.2) is 4.79 Å². The van der Waals surface area contributed by atoms with Crippen molar-refractivity contribution in [2.45, 2.75) is 38.8 Å². The molecule has 8 heteroatoms. The Kier molecular flexibility index (Phi) is 8.04. The van der Waals surface area contributed by atoms with E-state index in [2.05, 4.69) is 20.5 Å². The van der Waals surface area contributed by atoms with Crippen LogP contribution in [0.4, 0.5) is 4.79 Å². The molecule has 178 valence electrons. The molecule has 1 fully saturated rings. The van der Waals surface area contributed by atoms with Crippen molar-refractivity contribution in [3.8, 4) is 11.4 Å². The van der Waals surface area contributed by atoms with Crippen LogP contribution in [0.15, 0.2) is 65.5 Å². The fourth-order valence-electron chi connectivity index (χ4n) is 4.17. The summed E-state index contributed by atoms with van der Waals surface area (Å²) in [4.78, 5) is 29.7. The zero-order valence-corrected chi connectivity index (χ0v) is 19.4. The van der Waals surface area contributed by atoms with Crippen LogP contribution in [0, 0.1) is 5.92 Å². The Hall–Kier alpha value is -3.52. The number of ether oxygens (including phenoxy) is 1. The average Bonchev–Trinajstić information content (AvgIpc) is 2.89. The molecule has 2 N–H and O–H groups in total. The van der Waals surface area contributed by atoms with E-state index in [9.17, 15) is 9.59 Å². The van der Waals surface area contributed by atoms with E-state index in [1.807, 2.05) is 67.6 Å². The normalized spacial score (nSPS) is 15.1. The number of hydrogen-bond acceptors (Lipinski definition) is 6. The summed E-state index contributed by atoms with van der Waals surface area (Å²) in [6.45, 7) is 4.41. The second-order valence-corrected chi connectivity index (χ2v) is 8.59. The number of piperidine rings is 1. The number of aromatic amines is 1. The van der Waals surface area contributed by atoms with Crippen LogP contribution in [0.1, 0.15) is 43.5 Å². The van der Waals surface area contributed by atoms with Gasteiger partial charge in [-0.2, -0.15) is 0 Å². The van der Waals surface area contributed by atoms with Crippen molar-refractivity contribution in [1.82, 2.24) is 25.4 Å². The molecule has 1 unspecified atom stereocenters. The van der Waals surface area contributed by atoms with Crippen molar-refractivity contribution < 1.29 is 9.53 Å². The van der Waals surface area contributed by atoms with Gasteiger partial charge in [-0.05, 0) is 37.3 Å². The van der Waals surface area contributed by atoms with Crippen LogP contribution in [0.25, 0.3) is 11.4 Å². The molecule has 8 nitrogen and oxygen atoms in total. The van der Waals surface area contributed by atoms with E-state index in [4.69, 9.17) is 4.74 Å². The summed E-state index contributed by atoms with van der Waals surface area (Å²) >= 11 is 0. The highest BCUT2D eigenvalue weighted by Gasteiger charge is 2.25. The number of carbonyl (C=O) groups is 1. The minimum atomic E-state index is -0.262. The number of likely N-dealkylation sites (tertiary alicyclic amines) is 1. The van der Waals surface area contributed by atoms with Gasteiger partial charge in [-0.1, -0.05) is 67.6 Å². The number of benzene rings is 2. The highest BCUT2D eigenvalue weighted by atomic mass is 16.6. The molecule has 34 heavy (non-hydrogen) atoms. The van der Waals surface area contributed by atoms with Gasteiger partial charge in [0.1, 0.15) is 12.3 Å². The average molecular weight is 462 g/mol. The third-order valence-corrected chi connectivity index (χ3v) is 6.24. The molecule has 1 saturated heterocycles. The highest BCUT2D eigenvalue weighted by molar-refractivity contribution is 5.67. The number of H-pyrrole nitrogens is 1. The highest BCUT2D eigenvalue weighted by Crippen LogP contribution is 2.20. The minimum Gasteiger partial charge on any atom is -0.445 e. The van der Waals surface area contributed by atoms with Gasteiger partial charge in [-0.3, -0.25) is 4.79 Å². The lowest BCUT2D eigenvalue weighted by molar-refractivity contribution is 0.0819. The molecule has 3 aromatic rings. The number of rotatable bonds is 8. The number of aromatic nitrogens is 3. The predicted octanol–water partition coefficient (Wildman–Crippen LogP) is 3.92. The maximum atomic E-state index is 12.7. The first kappa shape index (κ1) is 23.6. The smallest absolute Gasteiger partial charge is 0.410 e. The quantitative estimate of drug-likeness (QED) is 0.527. The van der Waals surface area contributed by atoms with Crippen molar-refractivity contribution >= 4 is 6.09 Å². The third kappa shape index (κ3) is 6.08. The Morgan fingerprint density at radius 3 is 2.41 bits per heavy atom. The molecule has 1 aliphatic heterocycles. The zero-order valence-electron chi connectivity index (χ0n) is 19.4. The van der Waals surface area contributed by atoms with E-state index in [-0.39, 0.29) is 24.3 Å². The standard InChI is InChI=1S/C26H31N5O3/c1-2-22(23-25(32)28-24(30-29-23)21-11-7-4-8-12-21)27-17-19-13-15-31(16-14-19)26(33)34-18-20-9-5-3-6-10-20/h3-12,19,22,27H,2,13-18H2,1H3,(H,28,30,32). The predicted molar refractivity (Wildman–Crippen MR) is 130 cm³/mol. The molecule has 1 amide bonds. The Balaban J connectivity index is 1.25. The number of nitrogens with zero attached hydrogens (tertiary/aromatic N) is 3. The lowest BCUT2D eigenvalue weighted by Gasteiger charge is -2.32. The third-order valence-electron chi connectivity index (χ3n) is 6.24. The first-order valence-electron chi connectivity index (χ1n) is 11.9. The van der Waals surface area contributed by atoms with E-state index in [0.717, 1.165) is 36.9 Å². The van der Waals surface area contributed by atoms with Gasteiger partial charge in [0.25, 0.3) is 5.56 Å². The van der Waals surface area contributed by atoms with E-state index in [1.165, 1.54) is 0 Å². The Morgan fingerprint density at radius 1 is 1.09 bits per heavy atom. The van der Waals surface area contributed by atoms with Crippen LogP contribution >= 0.6 is 0 Å².